The third-order valence-electron chi connectivity index (χ3n) is 3.58. The molecule has 0 radical (unpaired) electrons. The molecular weight excluding hydrogens is 266 g/mol. The summed E-state index contributed by atoms with van der Waals surface area (Å²) in [5.74, 6) is 0. The van der Waals surface area contributed by atoms with Gasteiger partial charge in [0.05, 0.1) is 6.61 Å². The lowest BCUT2D eigenvalue weighted by atomic mass is 9.78. The molecule has 1 aromatic carbocycles. The molecule has 0 spiro atoms. The van der Waals surface area contributed by atoms with Crippen LogP contribution >= 0.6 is 0 Å². The van der Waals surface area contributed by atoms with E-state index in [1.54, 1.807) is 0 Å². The first kappa shape index (κ1) is 17.5. The molecule has 4 nitrogen and oxygen atoms in total. The normalized spacial score (nSPS) is 14.4. The number of benzene rings is 1. The highest BCUT2D eigenvalue weighted by Gasteiger charge is 2.31. The Kier molecular flexibility index (Phi) is 5.78. The number of nitrogens with one attached hydrogen (secondary N) is 1. The fourth-order valence-electron chi connectivity index (χ4n) is 2.22. The van der Waals surface area contributed by atoms with Crippen LogP contribution in [0.4, 0.5) is 4.79 Å². The van der Waals surface area contributed by atoms with E-state index in [1.165, 1.54) is 0 Å². The van der Waals surface area contributed by atoms with Gasteiger partial charge in [-0.05, 0) is 39.7 Å². The predicted molar refractivity (Wildman–Crippen MR) is 84.5 cm³/mol. The summed E-state index contributed by atoms with van der Waals surface area (Å²) in [5, 5.41) is 12.7. The van der Waals surface area contributed by atoms with Crippen LogP contribution in [0.3, 0.4) is 0 Å². The molecule has 1 atom stereocenters. The van der Waals surface area contributed by atoms with Gasteiger partial charge in [-0.1, -0.05) is 36.8 Å². The summed E-state index contributed by atoms with van der Waals surface area (Å²) in [6, 6.07) is 8.03. The second-order valence-corrected chi connectivity index (χ2v) is 6.52. The zero-order valence-corrected chi connectivity index (χ0v) is 13.7. The fraction of sp³-hybridized carbons (Fsp3) is 0.588. The quantitative estimate of drug-likeness (QED) is 0.876. The number of carbonyl (C=O) groups is 1. The van der Waals surface area contributed by atoms with Crippen LogP contribution in [0, 0.1) is 6.92 Å². The Morgan fingerprint density at radius 2 is 2.00 bits per heavy atom. The third kappa shape index (κ3) is 5.05. The average Bonchev–Trinajstić information content (AvgIpc) is 2.38. The van der Waals surface area contributed by atoms with Gasteiger partial charge in [-0.25, -0.2) is 4.79 Å². The number of aryl methyl sites for hydroxylation is 1. The molecule has 2 N–H and O–H groups in total. The topological polar surface area (TPSA) is 58.6 Å². The molecule has 0 aromatic heterocycles. The summed E-state index contributed by atoms with van der Waals surface area (Å²) >= 11 is 0. The molecule has 1 aromatic rings. The number of alkyl carbamates (subject to hydrolysis) is 1. The monoisotopic (exact) mass is 293 g/mol. The summed E-state index contributed by atoms with van der Waals surface area (Å²) in [6.07, 6.45) is 0.268. The van der Waals surface area contributed by atoms with E-state index in [1.807, 2.05) is 52.8 Å². The molecular formula is C17H27NO3. The van der Waals surface area contributed by atoms with Gasteiger partial charge in [-0.3, -0.25) is 0 Å². The van der Waals surface area contributed by atoms with Gasteiger partial charge in [-0.15, -0.1) is 0 Å². The molecule has 0 saturated carbocycles. The first-order valence-corrected chi connectivity index (χ1v) is 7.37. The van der Waals surface area contributed by atoms with E-state index in [0.29, 0.717) is 6.54 Å². The largest absolute Gasteiger partial charge is 0.444 e. The average molecular weight is 293 g/mol. The van der Waals surface area contributed by atoms with Crippen molar-refractivity contribution in [3.05, 3.63) is 35.4 Å². The van der Waals surface area contributed by atoms with Gasteiger partial charge in [0.15, 0.2) is 0 Å². The zero-order chi connectivity index (χ0) is 16.1. The second kappa shape index (κ2) is 6.94. The van der Waals surface area contributed by atoms with E-state index in [9.17, 15) is 9.90 Å². The Morgan fingerprint density at radius 1 is 1.33 bits per heavy atom. The number of hydrogen-bond donors (Lipinski definition) is 2. The summed E-state index contributed by atoms with van der Waals surface area (Å²) in [5.41, 5.74) is 1.16. The van der Waals surface area contributed by atoms with Crippen LogP contribution in [-0.2, 0) is 10.2 Å². The Morgan fingerprint density at radius 3 is 2.48 bits per heavy atom. The molecule has 0 heterocycles. The van der Waals surface area contributed by atoms with Crippen molar-refractivity contribution in [2.45, 2.75) is 52.1 Å². The molecule has 1 rings (SSSR count). The number of ether oxygens (including phenoxy) is 1. The fourth-order valence-corrected chi connectivity index (χ4v) is 2.22. The Hall–Kier alpha value is -1.55. The molecule has 118 valence electrons. The number of hydrogen-bond acceptors (Lipinski definition) is 3. The summed E-state index contributed by atoms with van der Waals surface area (Å²) in [6.45, 7) is 9.82. The van der Waals surface area contributed by atoms with Gasteiger partial charge in [0.2, 0.25) is 0 Å². The van der Waals surface area contributed by atoms with Crippen LogP contribution in [0.2, 0.25) is 0 Å². The van der Waals surface area contributed by atoms with Crippen LogP contribution in [0.15, 0.2) is 24.3 Å². The number of rotatable bonds is 5. The lowest BCUT2D eigenvalue weighted by Gasteiger charge is -2.32. The Balaban J connectivity index is 2.85. The molecule has 0 aliphatic heterocycles. The van der Waals surface area contributed by atoms with Crippen molar-refractivity contribution in [3.8, 4) is 0 Å². The first-order chi connectivity index (χ1) is 9.72. The number of carbonyl (C=O) groups excluding carboxylic acids is 1. The van der Waals surface area contributed by atoms with Crippen LogP contribution in [0.1, 0.15) is 45.2 Å². The smallest absolute Gasteiger partial charge is 0.407 e. The van der Waals surface area contributed by atoms with Crippen molar-refractivity contribution in [3.63, 3.8) is 0 Å². The van der Waals surface area contributed by atoms with Gasteiger partial charge in [0.25, 0.3) is 0 Å². The van der Waals surface area contributed by atoms with Gasteiger partial charge in [0, 0.05) is 12.0 Å². The van der Waals surface area contributed by atoms with E-state index in [2.05, 4.69) is 11.4 Å². The SMILES string of the molecule is CCC(CO)(CNC(=O)OC(C)(C)C)c1cccc(C)c1. The second-order valence-electron chi connectivity index (χ2n) is 6.52. The van der Waals surface area contributed by atoms with Crippen LogP contribution in [0.25, 0.3) is 0 Å². The van der Waals surface area contributed by atoms with Crippen molar-refractivity contribution >= 4 is 6.09 Å². The standard InChI is InChI=1S/C17H27NO3/c1-6-17(12-19,14-9-7-8-13(2)10-14)11-18-15(20)21-16(3,4)5/h7-10,19H,6,11-12H2,1-5H3,(H,18,20). The van der Waals surface area contributed by atoms with Gasteiger partial charge >= 0.3 is 6.09 Å². The maximum atomic E-state index is 11.8. The molecule has 4 heteroatoms. The van der Waals surface area contributed by atoms with Crippen LogP contribution in [-0.4, -0.2) is 30.0 Å². The van der Waals surface area contributed by atoms with E-state index in [-0.39, 0.29) is 6.61 Å². The molecule has 0 fully saturated rings. The first-order valence-electron chi connectivity index (χ1n) is 7.37. The Bertz CT molecular complexity index is 473. The van der Waals surface area contributed by atoms with Crippen molar-refractivity contribution < 1.29 is 14.6 Å². The van der Waals surface area contributed by atoms with E-state index in [4.69, 9.17) is 4.74 Å². The molecule has 0 aliphatic rings. The van der Waals surface area contributed by atoms with Crippen LogP contribution < -0.4 is 5.32 Å². The van der Waals surface area contributed by atoms with Crippen molar-refractivity contribution in [1.29, 1.82) is 0 Å². The highest BCUT2D eigenvalue weighted by molar-refractivity contribution is 5.67. The number of aliphatic hydroxyl groups excluding tert-OH is 1. The maximum absolute atomic E-state index is 11.8. The molecule has 21 heavy (non-hydrogen) atoms. The van der Waals surface area contributed by atoms with Crippen molar-refractivity contribution in [1.82, 2.24) is 5.32 Å². The van der Waals surface area contributed by atoms with Crippen molar-refractivity contribution in [2.24, 2.45) is 0 Å². The number of aliphatic hydroxyl groups is 1. The predicted octanol–water partition coefficient (Wildman–Crippen LogP) is 3.16. The van der Waals surface area contributed by atoms with Crippen molar-refractivity contribution in [2.75, 3.05) is 13.2 Å². The highest BCUT2D eigenvalue weighted by Crippen LogP contribution is 2.27. The number of amides is 1. The van der Waals surface area contributed by atoms with Gasteiger partial charge in [-0.2, -0.15) is 0 Å². The minimum absolute atomic E-state index is 0.0250. The summed E-state index contributed by atoms with van der Waals surface area (Å²) in [7, 11) is 0. The summed E-state index contributed by atoms with van der Waals surface area (Å²) in [4.78, 5) is 11.8. The Labute approximate surface area is 127 Å². The van der Waals surface area contributed by atoms with Gasteiger partial charge in [0.1, 0.15) is 5.60 Å². The summed E-state index contributed by atoms with van der Waals surface area (Å²) < 4.78 is 5.25. The van der Waals surface area contributed by atoms with E-state index >= 15 is 0 Å². The minimum atomic E-state index is -0.526. The van der Waals surface area contributed by atoms with Crippen LogP contribution in [0.5, 0.6) is 0 Å². The van der Waals surface area contributed by atoms with E-state index < -0.39 is 17.1 Å². The highest BCUT2D eigenvalue weighted by atomic mass is 16.6. The lowest BCUT2D eigenvalue weighted by Crippen LogP contribution is -2.44. The minimum Gasteiger partial charge on any atom is -0.444 e. The molecule has 0 aliphatic carbocycles. The zero-order valence-electron chi connectivity index (χ0n) is 13.7. The lowest BCUT2D eigenvalue weighted by molar-refractivity contribution is 0.0502. The molecule has 1 unspecified atom stereocenters. The molecule has 0 saturated heterocycles. The van der Waals surface area contributed by atoms with Gasteiger partial charge < -0.3 is 15.2 Å². The third-order valence-corrected chi connectivity index (χ3v) is 3.58. The molecule has 1 amide bonds. The maximum Gasteiger partial charge on any atom is 0.407 e. The molecule has 0 bridgehead atoms. The van der Waals surface area contributed by atoms with E-state index in [0.717, 1.165) is 17.5 Å².